The summed E-state index contributed by atoms with van der Waals surface area (Å²) in [4.78, 5) is 12.4. The van der Waals surface area contributed by atoms with Crippen LogP contribution in [0.25, 0.3) is 0 Å². The van der Waals surface area contributed by atoms with Crippen molar-refractivity contribution in [2.75, 3.05) is 11.9 Å². The summed E-state index contributed by atoms with van der Waals surface area (Å²) in [6.45, 7) is 5.00. The predicted octanol–water partition coefficient (Wildman–Crippen LogP) is 3.23. The zero-order valence-corrected chi connectivity index (χ0v) is 12.4. The number of carbonyl (C=O) groups excluding carboxylic acids is 1. The summed E-state index contributed by atoms with van der Waals surface area (Å²) >= 11 is 3.52. The van der Waals surface area contributed by atoms with E-state index in [0.29, 0.717) is 0 Å². The number of anilines is 1. The summed E-state index contributed by atoms with van der Waals surface area (Å²) in [5.74, 6) is 0.0776. The van der Waals surface area contributed by atoms with Crippen molar-refractivity contribution < 1.29 is 4.79 Å². The average molecular weight is 311 g/mol. The first-order valence-electron chi connectivity index (χ1n) is 6.40. The Morgan fingerprint density at radius 1 is 1.56 bits per heavy atom. The van der Waals surface area contributed by atoms with Crippen molar-refractivity contribution in [3.63, 3.8) is 0 Å². The summed E-state index contributed by atoms with van der Waals surface area (Å²) in [6, 6.07) is 5.90. The third-order valence-electron chi connectivity index (χ3n) is 3.72. The van der Waals surface area contributed by atoms with E-state index in [0.717, 1.165) is 41.5 Å². The van der Waals surface area contributed by atoms with Crippen molar-refractivity contribution >= 4 is 27.5 Å². The lowest BCUT2D eigenvalue weighted by Gasteiger charge is -2.27. The Bertz CT molecular complexity index is 453. The van der Waals surface area contributed by atoms with Crippen LogP contribution in [0.2, 0.25) is 0 Å². The van der Waals surface area contributed by atoms with Crippen LogP contribution in [0.4, 0.5) is 5.69 Å². The fourth-order valence-electron chi connectivity index (χ4n) is 2.45. The largest absolute Gasteiger partial charge is 0.323 e. The molecule has 0 spiro atoms. The van der Waals surface area contributed by atoms with E-state index < -0.39 is 0 Å². The molecule has 1 aliphatic heterocycles. The number of hydrogen-bond acceptors (Lipinski definition) is 2. The van der Waals surface area contributed by atoms with Crippen LogP contribution in [0.1, 0.15) is 31.7 Å². The van der Waals surface area contributed by atoms with Crippen LogP contribution in [0.5, 0.6) is 0 Å². The van der Waals surface area contributed by atoms with Crippen molar-refractivity contribution in [2.45, 2.75) is 38.6 Å². The maximum absolute atomic E-state index is 12.4. The summed E-state index contributed by atoms with van der Waals surface area (Å²) in [6.07, 6.45) is 2.80. The molecule has 18 heavy (non-hydrogen) atoms. The number of hydrogen-bond donors (Lipinski definition) is 2. The molecule has 1 amide bonds. The quantitative estimate of drug-likeness (QED) is 0.900. The molecule has 1 saturated heterocycles. The number of halogens is 1. The van der Waals surface area contributed by atoms with Gasteiger partial charge in [0, 0.05) is 4.47 Å². The fraction of sp³-hybridized carbons (Fsp3) is 0.500. The third-order valence-corrected chi connectivity index (χ3v) is 4.77. The Balaban J connectivity index is 2.18. The number of carbonyl (C=O) groups is 1. The third kappa shape index (κ3) is 2.45. The standard InChI is InChI=1S/C14H19BrN2O/c1-3-14(8-5-9-16-14)13(18)17-11-7-4-6-10(2)12(11)15/h4,6-7,16H,3,5,8-9H2,1-2H3,(H,17,18). The average Bonchev–Trinajstić information content (AvgIpc) is 2.85. The summed E-state index contributed by atoms with van der Waals surface area (Å²) < 4.78 is 0.961. The van der Waals surface area contributed by atoms with E-state index in [4.69, 9.17) is 0 Å². The molecule has 1 aliphatic rings. The molecule has 1 heterocycles. The van der Waals surface area contributed by atoms with E-state index in [1.54, 1.807) is 0 Å². The highest BCUT2D eigenvalue weighted by molar-refractivity contribution is 9.10. The minimum Gasteiger partial charge on any atom is -0.323 e. The van der Waals surface area contributed by atoms with E-state index in [1.165, 1.54) is 0 Å². The topological polar surface area (TPSA) is 41.1 Å². The molecule has 3 nitrogen and oxygen atoms in total. The van der Waals surface area contributed by atoms with Gasteiger partial charge < -0.3 is 10.6 Å². The molecule has 1 aromatic rings. The van der Waals surface area contributed by atoms with Crippen molar-refractivity contribution in [3.8, 4) is 0 Å². The summed E-state index contributed by atoms with van der Waals surface area (Å²) in [5, 5.41) is 6.38. The molecule has 2 N–H and O–H groups in total. The van der Waals surface area contributed by atoms with E-state index in [2.05, 4.69) is 33.5 Å². The molecular formula is C14H19BrN2O. The van der Waals surface area contributed by atoms with Crippen molar-refractivity contribution in [1.29, 1.82) is 0 Å². The fourth-order valence-corrected chi connectivity index (χ4v) is 2.81. The summed E-state index contributed by atoms with van der Waals surface area (Å²) in [7, 11) is 0. The van der Waals surface area contributed by atoms with Crippen molar-refractivity contribution in [2.24, 2.45) is 0 Å². The van der Waals surface area contributed by atoms with E-state index in [1.807, 2.05) is 25.1 Å². The van der Waals surface area contributed by atoms with Crippen LogP contribution in [-0.2, 0) is 4.79 Å². The highest BCUT2D eigenvalue weighted by atomic mass is 79.9. The van der Waals surface area contributed by atoms with Gasteiger partial charge in [0.1, 0.15) is 0 Å². The SMILES string of the molecule is CCC1(C(=O)Nc2cccc(C)c2Br)CCCN1. The second-order valence-electron chi connectivity index (χ2n) is 4.86. The molecule has 4 heteroatoms. The van der Waals surface area contributed by atoms with E-state index >= 15 is 0 Å². The van der Waals surface area contributed by atoms with Crippen LogP contribution < -0.4 is 10.6 Å². The van der Waals surface area contributed by atoms with Gasteiger partial charge in [-0.2, -0.15) is 0 Å². The second kappa shape index (κ2) is 5.41. The first kappa shape index (κ1) is 13.6. The molecule has 1 unspecified atom stereocenters. The number of amides is 1. The van der Waals surface area contributed by atoms with Crippen LogP contribution in [0, 0.1) is 6.92 Å². The van der Waals surface area contributed by atoms with E-state index in [-0.39, 0.29) is 11.4 Å². The Kier molecular flexibility index (Phi) is 4.07. The predicted molar refractivity (Wildman–Crippen MR) is 77.8 cm³/mol. The number of benzene rings is 1. The van der Waals surface area contributed by atoms with Gasteiger partial charge in [0.15, 0.2) is 0 Å². The molecule has 0 radical (unpaired) electrons. The number of nitrogens with one attached hydrogen (secondary N) is 2. The maximum Gasteiger partial charge on any atom is 0.244 e. The monoisotopic (exact) mass is 310 g/mol. The molecule has 0 aromatic heterocycles. The zero-order chi connectivity index (χ0) is 13.2. The van der Waals surface area contributed by atoms with E-state index in [9.17, 15) is 4.79 Å². The van der Waals surface area contributed by atoms with Crippen LogP contribution >= 0.6 is 15.9 Å². The molecular weight excluding hydrogens is 292 g/mol. The van der Waals surface area contributed by atoms with Gasteiger partial charge in [-0.3, -0.25) is 4.79 Å². The van der Waals surface area contributed by atoms with Crippen molar-refractivity contribution in [1.82, 2.24) is 5.32 Å². The number of rotatable bonds is 3. The molecule has 1 atom stereocenters. The van der Waals surface area contributed by atoms with Gasteiger partial charge in [0.05, 0.1) is 11.2 Å². The Hall–Kier alpha value is -0.870. The highest BCUT2D eigenvalue weighted by Crippen LogP contribution is 2.29. The minimum atomic E-state index is -0.386. The molecule has 98 valence electrons. The second-order valence-corrected chi connectivity index (χ2v) is 5.65. The van der Waals surface area contributed by atoms with Gasteiger partial charge in [-0.05, 0) is 60.3 Å². The molecule has 0 saturated carbocycles. The lowest BCUT2D eigenvalue weighted by Crippen LogP contribution is -2.50. The van der Waals surface area contributed by atoms with Gasteiger partial charge >= 0.3 is 0 Å². The highest BCUT2D eigenvalue weighted by Gasteiger charge is 2.39. The minimum absolute atomic E-state index is 0.0776. The Labute approximate surface area is 116 Å². The van der Waals surface area contributed by atoms with Gasteiger partial charge in [0.2, 0.25) is 5.91 Å². The Morgan fingerprint density at radius 3 is 2.94 bits per heavy atom. The van der Waals surface area contributed by atoms with Gasteiger partial charge in [-0.25, -0.2) is 0 Å². The summed E-state index contributed by atoms with van der Waals surface area (Å²) in [5.41, 5.74) is 1.59. The van der Waals surface area contributed by atoms with Crippen LogP contribution in [0.15, 0.2) is 22.7 Å². The lowest BCUT2D eigenvalue weighted by atomic mass is 9.93. The van der Waals surface area contributed by atoms with Gasteiger partial charge in [-0.15, -0.1) is 0 Å². The Morgan fingerprint density at radius 2 is 2.33 bits per heavy atom. The maximum atomic E-state index is 12.4. The molecule has 0 aliphatic carbocycles. The van der Waals surface area contributed by atoms with Crippen molar-refractivity contribution in [3.05, 3.63) is 28.2 Å². The smallest absolute Gasteiger partial charge is 0.244 e. The normalized spacial score (nSPS) is 23.1. The molecule has 1 fully saturated rings. The first-order chi connectivity index (χ1) is 8.59. The lowest BCUT2D eigenvalue weighted by molar-refractivity contribution is -0.122. The van der Waals surface area contributed by atoms with Crippen LogP contribution in [0.3, 0.4) is 0 Å². The molecule has 2 rings (SSSR count). The molecule has 1 aromatic carbocycles. The first-order valence-corrected chi connectivity index (χ1v) is 7.20. The molecule has 0 bridgehead atoms. The number of aryl methyl sites for hydroxylation is 1. The van der Waals surface area contributed by atoms with Gasteiger partial charge in [0.25, 0.3) is 0 Å². The van der Waals surface area contributed by atoms with Crippen LogP contribution in [-0.4, -0.2) is 18.0 Å². The zero-order valence-electron chi connectivity index (χ0n) is 10.8. The van der Waals surface area contributed by atoms with Gasteiger partial charge in [-0.1, -0.05) is 19.1 Å².